The van der Waals surface area contributed by atoms with Gasteiger partial charge in [0.1, 0.15) is 19.3 Å². The van der Waals surface area contributed by atoms with E-state index in [2.05, 4.69) is 50.3 Å². The largest absolute Gasteiger partial charge is 0.472 e. The van der Waals surface area contributed by atoms with Gasteiger partial charge in [0, 0.05) is 13.0 Å². The number of hydrogen-bond donors (Lipinski definition) is 1. The van der Waals surface area contributed by atoms with Crippen LogP contribution in [0.5, 0.6) is 0 Å². The van der Waals surface area contributed by atoms with E-state index in [-0.39, 0.29) is 26.2 Å². The third-order valence-electron chi connectivity index (χ3n) is 6.92. The SMILES string of the molecule is CC/C=C\C/C=C\C/C=C\C/C=C\CCC(=O)OC(COCCCCCCCCCCCC)COP(=O)(O)OCC[N+](C)(C)C. The Morgan fingerprint density at radius 3 is 1.80 bits per heavy atom. The van der Waals surface area contributed by atoms with E-state index in [0.29, 0.717) is 24.1 Å². The van der Waals surface area contributed by atoms with Gasteiger partial charge in [0.05, 0.1) is 34.4 Å². The molecule has 0 heterocycles. The molecule has 0 bridgehead atoms. The molecule has 0 aliphatic rings. The first-order chi connectivity index (χ1) is 21.6. The zero-order chi connectivity index (χ0) is 33.5. The number of carbonyl (C=O) groups is 1. The molecule has 2 unspecified atom stereocenters. The van der Waals surface area contributed by atoms with Crippen LogP contribution in [0.2, 0.25) is 0 Å². The van der Waals surface area contributed by atoms with Gasteiger partial charge in [0.25, 0.3) is 0 Å². The van der Waals surface area contributed by atoms with Gasteiger partial charge in [0.2, 0.25) is 0 Å². The van der Waals surface area contributed by atoms with Crippen LogP contribution in [-0.4, -0.2) is 75.6 Å². The Balaban J connectivity index is 4.49. The minimum atomic E-state index is -4.28. The summed E-state index contributed by atoms with van der Waals surface area (Å²) in [6.07, 6.45) is 33.0. The van der Waals surface area contributed by atoms with Crippen molar-refractivity contribution in [2.75, 3.05) is 54.1 Å². The van der Waals surface area contributed by atoms with E-state index in [1.54, 1.807) is 0 Å². The number of rotatable bonds is 31. The highest BCUT2D eigenvalue weighted by Gasteiger charge is 2.26. The number of hydrogen-bond acceptors (Lipinski definition) is 6. The zero-order valence-electron chi connectivity index (χ0n) is 29.3. The first-order valence-corrected chi connectivity index (χ1v) is 18.9. The van der Waals surface area contributed by atoms with Gasteiger partial charge in [-0.3, -0.25) is 13.8 Å². The van der Waals surface area contributed by atoms with Crippen molar-refractivity contribution in [1.82, 2.24) is 0 Å². The Kier molecular flexibility index (Phi) is 28.8. The highest BCUT2D eigenvalue weighted by molar-refractivity contribution is 7.47. The molecule has 1 N–H and O–H groups in total. The number of phosphoric acid groups is 1. The van der Waals surface area contributed by atoms with Gasteiger partial charge in [-0.2, -0.15) is 0 Å². The molecule has 0 rings (SSSR count). The summed E-state index contributed by atoms with van der Waals surface area (Å²) >= 11 is 0. The number of phosphoric ester groups is 1. The number of ether oxygens (including phenoxy) is 2. The molecular weight excluding hydrogens is 589 g/mol. The predicted octanol–water partition coefficient (Wildman–Crippen LogP) is 9.26. The molecule has 0 aliphatic carbocycles. The molecule has 0 aromatic carbocycles. The number of unbranched alkanes of at least 4 members (excludes halogenated alkanes) is 9. The Morgan fingerprint density at radius 1 is 0.711 bits per heavy atom. The van der Waals surface area contributed by atoms with Crippen molar-refractivity contribution in [3.05, 3.63) is 48.6 Å². The van der Waals surface area contributed by atoms with Crippen molar-refractivity contribution in [3.63, 3.8) is 0 Å². The number of carbonyl (C=O) groups excluding carboxylic acids is 1. The van der Waals surface area contributed by atoms with E-state index >= 15 is 0 Å². The van der Waals surface area contributed by atoms with E-state index in [0.717, 1.165) is 38.5 Å². The summed E-state index contributed by atoms with van der Waals surface area (Å²) in [5, 5.41) is 0. The molecule has 262 valence electrons. The summed E-state index contributed by atoms with van der Waals surface area (Å²) in [6, 6.07) is 0. The first-order valence-electron chi connectivity index (χ1n) is 17.4. The minimum Gasteiger partial charge on any atom is -0.457 e. The average Bonchev–Trinajstić information content (AvgIpc) is 2.98. The molecule has 0 amide bonds. The normalized spacial score (nSPS) is 14.7. The molecule has 0 saturated heterocycles. The van der Waals surface area contributed by atoms with Gasteiger partial charge in [-0.25, -0.2) is 4.57 Å². The molecule has 45 heavy (non-hydrogen) atoms. The van der Waals surface area contributed by atoms with E-state index in [1.807, 2.05) is 33.3 Å². The fraction of sp³-hybridized carbons (Fsp3) is 0.750. The summed E-state index contributed by atoms with van der Waals surface area (Å²) < 4.78 is 34.6. The Morgan fingerprint density at radius 2 is 1.24 bits per heavy atom. The average molecular weight is 657 g/mol. The molecule has 0 radical (unpaired) electrons. The second kappa shape index (κ2) is 29.8. The fourth-order valence-corrected chi connectivity index (χ4v) is 4.95. The minimum absolute atomic E-state index is 0.0752. The Hall–Kier alpha value is -1.54. The molecule has 8 nitrogen and oxygen atoms in total. The molecule has 0 aromatic heterocycles. The van der Waals surface area contributed by atoms with Gasteiger partial charge in [-0.15, -0.1) is 0 Å². The molecule has 2 atom stereocenters. The molecule has 0 fully saturated rings. The topological polar surface area (TPSA) is 91.3 Å². The third kappa shape index (κ3) is 33.6. The van der Waals surface area contributed by atoms with Crippen LogP contribution in [0.15, 0.2) is 48.6 Å². The van der Waals surface area contributed by atoms with Crippen molar-refractivity contribution in [2.24, 2.45) is 0 Å². The lowest BCUT2D eigenvalue weighted by atomic mass is 10.1. The fourth-order valence-electron chi connectivity index (χ4n) is 4.21. The monoisotopic (exact) mass is 656 g/mol. The lowest BCUT2D eigenvalue weighted by molar-refractivity contribution is -0.870. The highest BCUT2D eigenvalue weighted by Crippen LogP contribution is 2.43. The van der Waals surface area contributed by atoms with Crippen LogP contribution in [-0.2, 0) is 27.9 Å². The molecule has 0 saturated carbocycles. The van der Waals surface area contributed by atoms with E-state index in [4.69, 9.17) is 18.5 Å². The van der Waals surface area contributed by atoms with Gasteiger partial charge >= 0.3 is 13.8 Å². The maximum absolute atomic E-state index is 12.5. The molecule has 0 aliphatic heterocycles. The van der Waals surface area contributed by atoms with Gasteiger partial charge in [0.15, 0.2) is 0 Å². The molecule has 0 spiro atoms. The number of nitrogens with zero attached hydrogens (tertiary/aromatic N) is 1. The molecular formula is C36H67NO7P+. The predicted molar refractivity (Wildman–Crippen MR) is 187 cm³/mol. The van der Waals surface area contributed by atoms with Crippen LogP contribution in [0.4, 0.5) is 0 Å². The maximum Gasteiger partial charge on any atom is 0.472 e. The standard InChI is InChI=1S/C36H66NO7P/c1-6-8-10-12-14-16-18-19-20-21-23-25-27-29-36(38)44-35(34-43-45(39,40)42-32-30-37(3,4)5)33-41-31-28-26-24-22-17-15-13-11-9-7-2/h8,10,14,16,19-20,23,25,35H,6-7,9,11-13,15,17-18,21-22,24,26-34H2,1-5H3/p+1/b10-8-,16-14-,20-19-,25-23-. The Bertz CT molecular complexity index is 864. The maximum atomic E-state index is 12.5. The third-order valence-corrected chi connectivity index (χ3v) is 7.90. The van der Waals surface area contributed by atoms with E-state index < -0.39 is 19.9 Å². The lowest BCUT2D eigenvalue weighted by Gasteiger charge is -2.24. The van der Waals surface area contributed by atoms with E-state index in [1.165, 1.54) is 51.4 Å². The van der Waals surface area contributed by atoms with Crippen molar-refractivity contribution in [1.29, 1.82) is 0 Å². The summed E-state index contributed by atoms with van der Waals surface area (Å²) in [4.78, 5) is 22.6. The number of quaternary nitrogens is 1. The van der Waals surface area contributed by atoms with Crippen LogP contribution in [0, 0.1) is 0 Å². The van der Waals surface area contributed by atoms with E-state index in [9.17, 15) is 14.3 Å². The smallest absolute Gasteiger partial charge is 0.457 e. The summed E-state index contributed by atoms with van der Waals surface area (Å²) in [5.74, 6) is -0.396. The van der Waals surface area contributed by atoms with Crippen molar-refractivity contribution >= 4 is 13.8 Å². The molecule has 9 heteroatoms. The quantitative estimate of drug-likeness (QED) is 0.0261. The summed E-state index contributed by atoms with van der Waals surface area (Å²) in [6.45, 7) is 5.37. The Labute approximate surface area is 276 Å². The zero-order valence-corrected chi connectivity index (χ0v) is 30.2. The number of allylic oxidation sites excluding steroid dienone is 8. The first kappa shape index (κ1) is 43.5. The van der Waals surface area contributed by atoms with Gasteiger partial charge < -0.3 is 18.9 Å². The summed E-state index contributed by atoms with van der Waals surface area (Å²) in [7, 11) is 1.62. The van der Waals surface area contributed by atoms with Crippen molar-refractivity contribution in [2.45, 2.75) is 123 Å². The second-order valence-corrected chi connectivity index (χ2v) is 14.0. The highest BCUT2D eigenvalue weighted by atomic mass is 31.2. The van der Waals surface area contributed by atoms with Crippen LogP contribution < -0.4 is 0 Å². The van der Waals surface area contributed by atoms with Gasteiger partial charge in [-0.05, 0) is 38.5 Å². The van der Waals surface area contributed by atoms with Gasteiger partial charge in [-0.1, -0.05) is 120 Å². The lowest BCUT2D eigenvalue weighted by Crippen LogP contribution is -2.37. The van der Waals surface area contributed by atoms with Crippen LogP contribution >= 0.6 is 7.82 Å². The number of likely N-dealkylation sites (N-methyl/N-ethyl adjacent to an activating group) is 1. The van der Waals surface area contributed by atoms with Crippen molar-refractivity contribution < 1.29 is 37.3 Å². The van der Waals surface area contributed by atoms with Crippen molar-refractivity contribution in [3.8, 4) is 0 Å². The van der Waals surface area contributed by atoms with Crippen LogP contribution in [0.1, 0.15) is 117 Å². The van der Waals surface area contributed by atoms with Crippen LogP contribution in [0.25, 0.3) is 0 Å². The van der Waals surface area contributed by atoms with Crippen LogP contribution in [0.3, 0.4) is 0 Å². The molecule has 0 aromatic rings. The second-order valence-electron chi connectivity index (χ2n) is 12.5. The summed E-state index contributed by atoms with van der Waals surface area (Å²) in [5.41, 5.74) is 0. The number of esters is 1.